The minimum absolute atomic E-state index is 0.130. The van der Waals surface area contributed by atoms with E-state index in [1.54, 1.807) is 23.1 Å². The van der Waals surface area contributed by atoms with Crippen LogP contribution in [0.3, 0.4) is 0 Å². The molecule has 15 heavy (non-hydrogen) atoms. The molecule has 1 aromatic rings. The van der Waals surface area contributed by atoms with Crippen LogP contribution in [-0.2, 0) is 11.3 Å². The van der Waals surface area contributed by atoms with E-state index in [2.05, 4.69) is 0 Å². The van der Waals surface area contributed by atoms with Crippen molar-refractivity contribution in [3.63, 3.8) is 0 Å². The summed E-state index contributed by atoms with van der Waals surface area (Å²) >= 11 is 0. The average molecular weight is 207 g/mol. The Morgan fingerprint density at radius 3 is 2.80 bits per heavy atom. The predicted octanol–water partition coefficient (Wildman–Crippen LogP) is 2.34. The molecule has 1 aliphatic rings. The summed E-state index contributed by atoms with van der Waals surface area (Å²) < 4.78 is 13.4. The van der Waals surface area contributed by atoms with Crippen LogP contribution in [0.25, 0.3) is 0 Å². The minimum Gasteiger partial charge on any atom is -0.336 e. The van der Waals surface area contributed by atoms with Crippen LogP contribution >= 0.6 is 0 Å². The fraction of sp³-hybridized carbons (Fsp3) is 0.417. The van der Waals surface area contributed by atoms with Gasteiger partial charge in [0.1, 0.15) is 5.82 Å². The van der Waals surface area contributed by atoms with E-state index in [1.165, 1.54) is 6.07 Å². The number of benzene rings is 1. The molecule has 0 aliphatic carbocycles. The summed E-state index contributed by atoms with van der Waals surface area (Å²) in [7, 11) is 0. The molecular formula is C12H14FNO. The molecule has 1 aromatic carbocycles. The van der Waals surface area contributed by atoms with Gasteiger partial charge in [-0.05, 0) is 19.4 Å². The number of likely N-dealkylation sites (tertiary alicyclic amines) is 1. The molecule has 0 spiro atoms. The van der Waals surface area contributed by atoms with Gasteiger partial charge in [0, 0.05) is 24.6 Å². The highest BCUT2D eigenvalue weighted by Gasteiger charge is 2.27. The second-order valence-corrected chi connectivity index (χ2v) is 4.00. The molecule has 1 fully saturated rings. The number of rotatable bonds is 2. The Morgan fingerprint density at radius 1 is 1.47 bits per heavy atom. The van der Waals surface area contributed by atoms with Gasteiger partial charge in [-0.1, -0.05) is 18.2 Å². The lowest BCUT2D eigenvalue weighted by atomic mass is 10.2. The highest BCUT2D eigenvalue weighted by atomic mass is 19.1. The maximum absolute atomic E-state index is 13.4. The summed E-state index contributed by atoms with van der Waals surface area (Å²) in [6, 6.07) is 6.85. The van der Waals surface area contributed by atoms with Gasteiger partial charge in [0.2, 0.25) is 5.91 Å². The molecule has 1 atom stereocenters. The van der Waals surface area contributed by atoms with Crippen molar-refractivity contribution in [3.05, 3.63) is 35.6 Å². The van der Waals surface area contributed by atoms with Gasteiger partial charge in [0.05, 0.1) is 0 Å². The highest BCUT2D eigenvalue weighted by molar-refractivity contribution is 5.78. The van der Waals surface area contributed by atoms with Crippen molar-refractivity contribution in [3.8, 4) is 0 Å². The lowest BCUT2D eigenvalue weighted by molar-refractivity contribution is -0.129. The first-order chi connectivity index (χ1) is 7.18. The van der Waals surface area contributed by atoms with Crippen molar-refractivity contribution in [2.75, 3.05) is 0 Å². The Kier molecular flexibility index (Phi) is 2.71. The number of carbonyl (C=O) groups excluding carboxylic acids is 1. The molecule has 1 saturated heterocycles. The van der Waals surface area contributed by atoms with Crippen molar-refractivity contribution < 1.29 is 9.18 Å². The number of hydrogen-bond donors (Lipinski definition) is 0. The number of carbonyl (C=O) groups is 1. The van der Waals surface area contributed by atoms with E-state index in [-0.39, 0.29) is 17.8 Å². The maximum Gasteiger partial charge on any atom is 0.223 e. The molecule has 1 aliphatic heterocycles. The molecule has 0 N–H and O–H groups in total. The van der Waals surface area contributed by atoms with Crippen LogP contribution < -0.4 is 0 Å². The zero-order chi connectivity index (χ0) is 10.8. The van der Waals surface area contributed by atoms with Gasteiger partial charge in [0.15, 0.2) is 0 Å². The second-order valence-electron chi connectivity index (χ2n) is 4.00. The second kappa shape index (κ2) is 4.01. The van der Waals surface area contributed by atoms with E-state index >= 15 is 0 Å². The summed E-state index contributed by atoms with van der Waals surface area (Å²) in [5.41, 5.74) is 0.597. The number of nitrogens with zero attached hydrogens (tertiary/aromatic N) is 1. The Labute approximate surface area is 88.7 Å². The fourth-order valence-corrected chi connectivity index (χ4v) is 1.93. The Hall–Kier alpha value is -1.38. The van der Waals surface area contributed by atoms with E-state index in [1.807, 2.05) is 6.92 Å². The maximum atomic E-state index is 13.4. The van der Waals surface area contributed by atoms with Crippen molar-refractivity contribution in [2.24, 2.45) is 0 Å². The lowest BCUT2D eigenvalue weighted by Gasteiger charge is -2.21. The summed E-state index contributed by atoms with van der Waals surface area (Å²) in [6.45, 7) is 2.40. The summed E-state index contributed by atoms with van der Waals surface area (Å²) in [5, 5.41) is 0. The largest absolute Gasteiger partial charge is 0.336 e. The van der Waals surface area contributed by atoms with Crippen molar-refractivity contribution in [1.82, 2.24) is 4.90 Å². The van der Waals surface area contributed by atoms with Gasteiger partial charge in [-0.15, -0.1) is 0 Å². The van der Waals surface area contributed by atoms with Crippen molar-refractivity contribution in [2.45, 2.75) is 32.4 Å². The third kappa shape index (κ3) is 2.01. The van der Waals surface area contributed by atoms with Crippen molar-refractivity contribution in [1.29, 1.82) is 0 Å². The SMILES string of the molecule is C[C@H]1CCC(=O)N1Cc1ccccc1F. The smallest absolute Gasteiger partial charge is 0.223 e. The molecular weight excluding hydrogens is 193 g/mol. The quantitative estimate of drug-likeness (QED) is 0.729. The van der Waals surface area contributed by atoms with Gasteiger partial charge in [-0.2, -0.15) is 0 Å². The van der Waals surface area contributed by atoms with Gasteiger partial charge in [-0.3, -0.25) is 4.79 Å². The molecule has 0 bridgehead atoms. The zero-order valence-electron chi connectivity index (χ0n) is 8.74. The van der Waals surface area contributed by atoms with E-state index < -0.39 is 0 Å². The van der Waals surface area contributed by atoms with Crippen LogP contribution in [0.15, 0.2) is 24.3 Å². The molecule has 0 aromatic heterocycles. The van der Waals surface area contributed by atoms with Crippen LogP contribution in [0.1, 0.15) is 25.3 Å². The molecule has 1 amide bonds. The van der Waals surface area contributed by atoms with Crippen LogP contribution in [0.4, 0.5) is 4.39 Å². The predicted molar refractivity (Wildman–Crippen MR) is 55.6 cm³/mol. The van der Waals surface area contributed by atoms with Crippen LogP contribution in [0.5, 0.6) is 0 Å². The molecule has 0 saturated carbocycles. The van der Waals surface area contributed by atoms with E-state index in [0.29, 0.717) is 18.5 Å². The minimum atomic E-state index is -0.232. The standard InChI is InChI=1S/C12H14FNO/c1-9-6-7-12(15)14(9)8-10-4-2-3-5-11(10)13/h2-5,9H,6-8H2,1H3/t9-/m0/s1. The van der Waals surface area contributed by atoms with Crippen molar-refractivity contribution >= 4 is 5.91 Å². The number of hydrogen-bond acceptors (Lipinski definition) is 1. The zero-order valence-corrected chi connectivity index (χ0v) is 8.74. The van der Waals surface area contributed by atoms with Gasteiger partial charge < -0.3 is 4.90 Å². The Balaban J connectivity index is 2.15. The molecule has 2 rings (SSSR count). The average Bonchev–Trinajstić information content (AvgIpc) is 2.53. The first-order valence-corrected chi connectivity index (χ1v) is 5.21. The summed E-state index contributed by atoms with van der Waals surface area (Å²) in [4.78, 5) is 13.3. The summed E-state index contributed by atoms with van der Waals surface area (Å²) in [5.74, 6) is -0.102. The molecule has 0 radical (unpaired) electrons. The van der Waals surface area contributed by atoms with Crippen LogP contribution in [0, 0.1) is 5.82 Å². The molecule has 1 heterocycles. The van der Waals surface area contributed by atoms with Gasteiger partial charge in [-0.25, -0.2) is 4.39 Å². The number of amides is 1. The van der Waals surface area contributed by atoms with Crippen LogP contribution in [0.2, 0.25) is 0 Å². The van der Waals surface area contributed by atoms with Crippen LogP contribution in [-0.4, -0.2) is 16.8 Å². The Bertz CT molecular complexity index is 378. The third-order valence-electron chi connectivity index (χ3n) is 2.93. The Morgan fingerprint density at radius 2 is 2.20 bits per heavy atom. The van der Waals surface area contributed by atoms with E-state index in [0.717, 1.165) is 6.42 Å². The lowest BCUT2D eigenvalue weighted by Crippen LogP contribution is -2.30. The van der Waals surface area contributed by atoms with E-state index in [9.17, 15) is 9.18 Å². The summed E-state index contributed by atoms with van der Waals surface area (Å²) in [6.07, 6.45) is 1.48. The first kappa shape index (κ1) is 10.1. The molecule has 80 valence electrons. The molecule has 2 nitrogen and oxygen atoms in total. The molecule has 3 heteroatoms. The number of halogens is 1. The monoisotopic (exact) mass is 207 g/mol. The molecule has 0 unspecified atom stereocenters. The highest BCUT2D eigenvalue weighted by Crippen LogP contribution is 2.21. The topological polar surface area (TPSA) is 20.3 Å². The van der Waals surface area contributed by atoms with Gasteiger partial charge >= 0.3 is 0 Å². The van der Waals surface area contributed by atoms with Gasteiger partial charge in [0.25, 0.3) is 0 Å². The third-order valence-corrected chi connectivity index (χ3v) is 2.93. The van der Waals surface area contributed by atoms with E-state index in [4.69, 9.17) is 0 Å². The fourth-order valence-electron chi connectivity index (χ4n) is 1.93. The normalized spacial score (nSPS) is 21.1. The first-order valence-electron chi connectivity index (χ1n) is 5.21.